The second-order valence-corrected chi connectivity index (χ2v) is 3.91. The SMILES string of the molecule is CSc1nc(N)nc(-c2c(O)cccc2F)n1. The summed E-state index contributed by atoms with van der Waals surface area (Å²) in [5.74, 6) is -0.829. The van der Waals surface area contributed by atoms with Crippen LogP contribution in [0.1, 0.15) is 0 Å². The number of benzene rings is 1. The van der Waals surface area contributed by atoms with E-state index in [1.165, 1.54) is 30.0 Å². The lowest BCUT2D eigenvalue weighted by Gasteiger charge is -2.06. The summed E-state index contributed by atoms with van der Waals surface area (Å²) in [5.41, 5.74) is 5.42. The molecule has 0 unspecified atom stereocenters. The van der Waals surface area contributed by atoms with Crippen molar-refractivity contribution >= 4 is 17.7 Å². The number of nitrogens with two attached hydrogens (primary N) is 1. The van der Waals surface area contributed by atoms with Crippen LogP contribution in [-0.2, 0) is 0 Å². The quantitative estimate of drug-likeness (QED) is 0.791. The summed E-state index contributed by atoms with van der Waals surface area (Å²) in [6, 6.07) is 3.97. The van der Waals surface area contributed by atoms with Crippen molar-refractivity contribution < 1.29 is 9.50 Å². The fraction of sp³-hybridized carbons (Fsp3) is 0.100. The Balaban J connectivity index is 2.64. The number of halogens is 1. The maximum absolute atomic E-state index is 13.6. The lowest BCUT2D eigenvalue weighted by Crippen LogP contribution is -2.02. The lowest BCUT2D eigenvalue weighted by atomic mass is 10.2. The van der Waals surface area contributed by atoms with E-state index in [0.29, 0.717) is 5.16 Å². The molecule has 0 atom stereocenters. The highest BCUT2D eigenvalue weighted by Crippen LogP contribution is 2.29. The molecule has 1 aromatic heterocycles. The van der Waals surface area contributed by atoms with Crippen LogP contribution in [0.3, 0.4) is 0 Å². The molecule has 17 heavy (non-hydrogen) atoms. The van der Waals surface area contributed by atoms with Crippen LogP contribution in [0.4, 0.5) is 10.3 Å². The molecule has 88 valence electrons. The molecule has 0 aliphatic heterocycles. The Morgan fingerprint density at radius 3 is 2.71 bits per heavy atom. The van der Waals surface area contributed by atoms with Crippen molar-refractivity contribution in [3.05, 3.63) is 24.0 Å². The van der Waals surface area contributed by atoms with Gasteiger partial charge in [-0.2, -0.15) is 9.97 Å². The number of aromatic hydroxyl groups is 1. The molecule has 2 aromatic rings. The van der Waals surface area contributed by atoms with Gasteiger partial charge in [-0.05, 0) is 18.4 Å². The Hall–Kier alpha value is -1.89. The molecule has 5 nitrogen and oxygen atoms in total. The minimum atomic E-state index is -0.609. The zero-order chi connectivity index (χ0) is 12.4. The maximum atomic E-state index is 13.6. The average Bonchev–Trinajstić information content (AvgIpc) is 2.28. The van der Waals surface area contributed by atoms with E-state index in [4.69, 9.17) is 5.73 Å². The number of anilines is 1. The molecule has 0 spiro atoms. The lowest BCUT2D eigenvalue weighted by molar-refractivity contribution is 0.471. The Morgan fingerprint density at radius 1 is 1.29 bits per heavy atom. The Bertz CT molecular complexity index is 544. The molecule has 0 fully saturated rings. The minimum absolute atomic E-state index is 0.0120. The summed E-state index contributed by atoms with van der Waals surface area (Å²) in [6.45, 7) is 0. The van der Waals surface area contributed by atoms with E-state index in [0.717, 1.165) is 0 Å². The van der Waals surface area contributed by atoms with Crippen LogP contribution in [0.25, 0.3) is 11.4 Å². The molecule has 2 rings (SSSR count). The highest BCUT2D eigenvalue weighted by molar-refractivity contribution is 7.98. The van der Waals surface area contributed by atoms with Crippen LogP contribution in [0.15, 0.2) is 23.4 Å². The summed E-state index contributed by atoms with van der Waals surface area (Å²) in [5, 5.41) is 9.98. The van der Waals surface area contributed by atoms with Crippen LogP contribution < -0.4 is 5.73 Å². The van der Waals surface area contributed by atoms with Crippen molar-refractivity contribution in [1.82, 2.24) is 15.0 Å². The molecule has 0 aliphatic rings. The summed E-state index contributed by atoms with van der Waals surface area (Å²) in [7, 11) is 0. The van der Waals surface area contributed by atoms with Crippen molar-refractivity contribution in [3.8, 4) is 17.1 Å². The van der Waals surface area contributed by atoms with Crippen LogP contribution in [-0.4, -0.2) is 26.3 Å². The van der Waals surface area contributed by atoms with Gasteiger partial charge in [0.2, 0.25) is 5.95 Å². The second-order valence-electron chi connectivity index (χ2n) is 3.14. The highest BCUT2D eigenvalue weighted by Gasteiger charge is 2.15. The summed E-state index contributed by atoms with van der Waals surface area (Å²) in [6.07, 6.45) is 1.76. The predicted molar refractivity (Wildman–Crippen MR) is 63.1 cm³/mol. The number of hydrogen-bond acceptors (Lipinski definition) is 6. The van der Waals surface area contributed by atoms with Gasteiger partial charge in [0, 0.05) is 0 Å². The van der Waals surface area contributed by atoms with Crippen LogP contribution >= 0.6 is 11.8 Å². The Kier molecular flexibility index (Phi) is 3.10. The first-order valence-electron chi connectivity index (χ1n) is 4.65. The fourth-order valence-electron chi connectivity index (χ4n) is 1.31. The summed E-state index contributed by atoms with van der Waals surface area (Å²) < 4.78 is 13.6. The van der Waals surface area contributed by atoms with E-state index in [-0.39, 0.29) is 23.1 Å². The Morgan fingerprint density at radius 2 is 2.06 bits per heavy atom. The molecular weight excluding hydrogens is 243 g/mol. The third kappa shape index (κ3) is 2.28. The molecule has 1 aromatic carbocycles. The van der Waals surface area contributed by atoms with Gasteiger partial charge < -0.3 is 10.8 Å². The van der Waals surface area contributed by atoms with Gasteiger partial charge in [0.1, 0.15) is 11.6 Å². The van der Waals surface area contributed by atoms with E-state index in [2.05, 4.69) is 15.0 Å². The fourth-order valence-corrected chi connectivity index (χ4v) is 1.67. The number of hydrogen-bond donors (Lipinski definition) is 2. The number of phenols is 1. The summed E-state index contributed by atoms with van der Waals surface area (Å²) >= 11 is 1.26. The van der Waals surface area contributed by atoms with Gasteiger partial charge in [-0.3, -0.25) is 0 Å². The van der Waals surface area contributed by atoms with Gasteiger partial charge in [-0.25, -0.2) is 9.37 Å². The average molecular weight is 252 g/mol. The number of thioether (sulfide) groups is 1. The highest BCUT2D eigenvalue weighted by atomic mass is 32.2. The molecular formula is C10H9FN4OS. The topological polar surface area (TPSA) is 84.9 Å². The normalized spacial score (nSPS) is 10.5. The zero-order valence-corrected chi connectivity index (χ0v) is 9.70. The van der Waals surface area contributed by atoms with E-state index in [1.54, 1.807) is 6.26 Å². The second kappa shape index (κ2) is 4.54. The van der Waals surface area contributed by atoms with E-state index in [9.17, 15) is 9.50 Å². The summed E-state index contributed by atoms with van der Waals surface area (Å²) in [4.78, 5) is 11.7. The van der Waals surface area contributed by atoms with E-state index in [1.807, 2.05) is 0 Å². The number of aromatic nitrogens is 3. The van der Waals surface area contributed by atoms with Crippen molar-refractivity contribution in [2.45, 2.75) is 5.16 Å². The number of nitrogen functional groups attached to an aromatic ring is 1. The first-order chi connectivity index (χ1) is 8.11. The first-order valence-corrected chi connectivity index (χ1v) is 5.87. The van der Waals surface area contributed by atoms with Gasteiger partial charge in [-0.15, -0.1) is 0 Å². The zero-order valence-electron chi connectivity index (χ0n) is 8.88. The van der Waals surface area contributed by atoms with E-state index < -0.39 is 5.82 Å². The predicted octanol–water partition coefficient (Wildman–Crippen LogP) is 1.69. The molecule has 0 radical (unpaired) electrons. The van der Waals surface area contributed by atoms with Crippen molar-refractivity contribution in [1.29, 1.82) is 0 Å². The van der Waals surface area contributed by atoms with E-state index >= 15 is 0 Å². The van der Waals surface area contributed by atoms with Gasteiger partial charge in [0.15, 0.2) is 11.0 Å². The molecule has 0 saturated heterocycles. The molecule has 3 N–H and O–H groups in total. The Labute approximate surface area is 101 Å². The first kappa shape index (κ1) is 11.6. The standard InChI is InChI=1S/C10H9FN4OS/c1-17-10-14-8(13-9(12)15-10)7-5(11)3-2-4-6(7)16/h2-4,16H,1H3,(H2,12,13,14,15). The van der Waals surface area contributed by atoms with Crippen molar-refractivity contribution in [2.75, 3.05) is 12.0 Å². The van der Waals surface area contributed by atoms with Gasteiger partial charge in [0.05, 0.1) is 5.56 Å². The maximum Gasteiger partial charge on any atom is 0.224 e. The molecule has 0 aliphatic carbocycles. The molecule has 0 bridgehead atoms. The van der Waals surface area contributed by atoms with Gasteiger partial charge in [-0.1, -0.05) is 17.8 Å². The minimum Gasteiger partial charge on any atom is -0.507 e. The van der Waals surface area contributed by atoms with Crippen LogP contribution in [0.2, 0.25) is 0 Å². The number of phenolic OH excluding ortho intramolecular Hbond substituents is 1. The number of nitrogens with zero attached hydrogens (tertiary/aromatic N) is 3. The largest absolute Gasteiger partial charge is 0.507 e. The molecule has 0 saturated carbocycles. The molecule has 7 heteroatoms. The van der Waals surface area contributed by atoms with Gasteiger partial charge in [0.25, 0.3) is 0 Å². The van der Waals surface area contributed by atoms with Crippen molar-refractivity contribution in [3.63, 3.8) is 0 Å². The molecule has 0 amide bonds. The smallest absolute Gasteiger partial charge is 0.224 e. The molecule has 1 heterocycles. The van der Waals surface area contributed by atoms with Gasteiger partial charge >= 0.3 is 0 Å². The van der Waals surface area contributed by atoms with Crippen LogP contribution in [0, 0.1) is 5.82 Å². The monoisotopic (exact) mass is 252 g/mol. The third-order valence-corrected chi connectivity index (χ3v) is 2.58. The van der Waals surface area contributed by atoms with Crippen LogP contribution in [0.5, 0.6) is 5.75 Å². The number of rotatable bonds is 2. The van der Waals surface area contributed by atoms with Crippen molar-refractivity contribution in [2.24, 2.45) is 0 Å². The third-order valence-electron chi connectivity index (χ3n) is 2.03.